The van der Waals surface area contributed by atoms with E-state index in [-0.39, 0.29) is 0 Å². The third-order valence-electron chi connectivity index (χ3n) is 2.91. The molecule has 0 spiro atoms. The van der Waals surface area contributed by atoms with E-state index in [1.165, 1.54) is 11.1 Å². The Morgan fingerprint density at radius 1 is 0.812 bits per heavy atom. The first-order valence-corrected chi connectivity index (χ1v) is 5.83. The van der Waals surface area contributed by atoms with E-state index in [2.05, 4.69) is 49.8 Å². The Balaban J connectivity index is 2.56. The van der Waals surface area contributed by atoms with E-state index in [4.69, 9.17) is 0 Å². The summed E-state index contributed by atoms with van der Waals surface area (Å²) in [7, 11) is 0. The largest absolute Gasteiger partial charge is 0.236 e. The molecule has 0 atom stereocenters. The lowest BCUT2D eigenvalue weighted by Gasteiger charge is -2.08. The predicted octanol–water partition coefficient (Wildman–Crippen LogP) is 3.88. The fraction of sp³-hybridized carbons (Fsp3) is 0.429. The Hall–Kier alpha value is -1.44. The predicted molar refractivity (Wildman–Crippen MR) is 67.7 cm³/mol. The summed E-state index contributed by atoms with van der Waals surface area (Å²) in [4.78, 5) is 8.78. The molecule has 2 heterocycles. The molecule has 0 fully saturated rings. The average Bonchev–Trinajstić information content (AvgIpc) is 2.27. The van der Waals surface area contributed by atoms with Crippen LogP contribution in [0.15, 0.2) is 24.5 Å². The maximum atomic E-state index is 4.39. The number of hydrogen-bond acceptors (Lipinski definition) is 2. The van der Waals surface area contributed by atoms with Gasteiger partial charge in [-0.3, -0.25) is 0 Å². The zero-order valence-electron chi connectivity index (χ0n) is 10.4. The molecule has 0 bridgehead atoms. The van der Waals surface area contributed by atoms with Crippen molar-refractivity contribution in [2.45, 2.75) is 39.5 Å². The highest BCUT2D eigenvalue weighted by molar-refractivity contribution is 5.75. The quantitative estimate of drug-likeness (QED) is 0.758. The van der Waals surface area contributed by atoms with Crippen molar-refractivity contribution in [2.75, 3.05) is 0 Å². The van der Waals surface area contributed by atoms with Gasteiger partial charge in [0.15, 0.2) is 5.65 Å². The van der Waals surface area contributed by atoms with Gasteiger partial charge in [0.25, 0.3) is 0 Å². The van der Waals surface area contributed by atoms with Gasteiger partial charge in [0.05, 0.1) is 0 Å². The van der Waals surface area contributed by atoms with Crippen molar-refractivity contribution in [2.24, 2.45) is 0 Å². The van der Waals surface area contributed by atoms with Crippen LogP contribution in [0.1, 0.15) is 50.7 Å². The molecule has 2 aromatic heterocycles. The lowest BCUT2D eigenvalue weighted by atomic mass is 10.0. The van der Waals surface area contributed by atoms with Gasteiger partial charge in [-0.25, -0.2) is 9.97 Å². The minimum Gasteiger partial charge on any atom is -0.236 e. The number of nitrogens with zero attached hydrogens (tertiary/aromatic N) is 2. The molecule has 0 aliphatic heterocycles. The number of fused-ring (bicyclic) bond motifs is 1. The first-order valence-electron chi connectivity index (χ1n) is 5.83. The Morgan fingerprint density at radius 2 is 1.25 bits per heavy atom. The lowest BCUT2D eigenvalue weighted by molar-refractivity contribution is 0.854. The van der Waals surface area contributed by atoms with Crippen LogP contribution >= 0.6 is 0 Å². The highest BCUT2D eigenvalue weighted by atomic mass is 14.8. The Bertz CT molecular complexity index is 458. The van der Waals surface area contributed by atoms with E-state index >= 15 is 0 Å². The molecular formula is C14H18N2. The van der Waals surface area contributed by atoms with Crippen LogP contribution in [0, 0.1) is 0 Å². The molecule has 0 aliphatic carbocycles. The van der Waals surface area contributed by atoms with Crippen LogP contribution in [-0.4, -0.2) is 9.97 Å². The molecule has 16 heavy (non-hydrogen) atoms. The van der Waals surface area contributed by atoms with E-state index < -0.39 is 0 Å². The molecule has 2 aromatic rings. The summed E-state index contributed by atoms with van der Waals surface area (Å²) in [5.41, 5.74) is 3.39. The third-order valence-corrected chi connectivity index (χ3v) is 2.91. The molecule has 0 aliphatic rings. The highest BCUT2D eigenvalue weighted by Crippen LogP contribution is 2.21. The Labute approximate surface area is 96.7 Å². The topological polar surface area (TPSA) is 25.8 Å². The number of hydrogen-bond donors (Lipinski definition) is 0. The smallest absolute Gasteiger partial charge is 0.159 e. The van der Waals surface area contributed by atoms with E-state index in [0.717, 1.165) is 11.0 Å². The number of aromatic nitrogens is 2. The van der Waals surface area contributed by atoms with Crippen molar-refractivity contribution in [1.82, 2.24) is 9.97 Å². The van der Waals surface area contributed by atoms with Gasteiger partial charge in [-0.15, -0.1) is 0 Å². The molecule has 0 radical (unpaired) electrons. The van der Waals surface area contributed by atoms with Crippen LogP contribution < -0.4 is 0 Å². The molecule has 84 valence electrons. The van der Waals surface area contributed by atoms with Crippen LogP contribution in [0.3, 0.4) is 0 Å². The number of pyridine rings is 2. The second-order valence-corrected chi connectivity index (χ2v) is 4.89. The second-order valence-electron chi connectivity index (χ2n) is 4.89. The second kappa shape index (κ2) is 4.20. The summed E-state index contributed by atoms with van der Waals surface area (Å²) in [5.74, 6) is 1.03. The molecule has 0 saturated heterocycles. The SMILES string of the molecule is CC(C)c1cnc2ncc(C(C)C)cc2c1. The summed E-state index contributed by atoms with van der Waals surface area (Å²) in [6.07, 6.45) is 3.85. The summed E-state index contributed by atoms with van der Waals surface area (Å²) in [6, 6.07) is 4.40. The summed E-state index contributed by atoms with van der Waals surface area (Å²) < 4.78 is 0. The van der Waals surface area contributed by atoms with Crippen molar-refractivity contribution in [3.05, 3.63) is 35.7 Å². The Kier molecular flexibility index (Phi) is 2.90. The zero-order valence-corrected chi connectivity index (χ0v) is 10.4. The molecule has 0 N–H and O–H groups in total. The van der Waals surface area contributed by atoms with Gasteiger partial charge < -0.3 is 0 Å². The van der Waals surface area contributed by atoms with E-state index in [1.54, 1.807) is 0 Å². The fourth-order valence-corrected chi connectivity index (χ4v) is 1.69. The van der Waals surface area contributed by atoms with Gasteiger partial charge >= 0.3 is 0 Å². The molecule has 0 amide bonds. The van der Waals surface area contributed by atoms with Crippen molar-refractivity contribution in [1.29, 1.82) is 0 Å². The van der Waals surface area contributed by atoms with Crippen LogP contribution in [0.5, 0.6) is 0 Å². The van der Waals surface area contributed by atoms with E-state index in [0.29, 0.717) is 11.8 Å². The molecule has 0 aromatic carbocycles. The summed E-state index contributed by atoms with van der Waals surface area (Å²) in [6.45, 7) is 8.73. The summed E-state index contributed by atoms with van der Waals surface area (Å²) in [5, 5.41) is 1.15. The van der Waals surface area contributed by atoms with Gasteiger partial charge in [0.2, 0.25) is 0 Å². The first kappa shape index (κ1) is 11.1. The average molecular weight is 214 g/mol. The van der Waals surface area contributed by atoms with Crippen molar-refractivity contribution in [3.63, 3.8) is 0 Å². The minimum atomic E-state index is 0.514. The van der Waals surface area contributed by atoms with Gasteiger partial charge in [-0.1, -0.05) is 27.7 Å². The van der Waals surface area contributed by atoms with Crippen LogP contribution in [0.4, 0.5) is 0 Å². The van der Waals surface area contributed by atoms with Crippen LogP contribution in [0.2, 0.25) is 0 Å². The normalized spacial score (nSPS) is 11.6. The molecule has 2 heteroatoms. The standard InChI is InChI=1S/C14H18N2/c1-9(2)12-5-11-6-13(10(3)4)8-16-14(11)15-7-12/h5-10H,1-4H3. The highest BCUT2D eigenvalue weighted by Gasteiger charge is 2.05. The molecule has 2 rings (SSSR count). The fourth-order valence-electron chi connectivity index (χ4n) is 1.69. The van der Waals surface area contributed by atoms with Crippen LogP contribution in [-0.2, 0) is 0 Å². The lowest BCUT2D eigenvalue weighted by Crippen LogP contribution is -1.94. The monoisotopic (exact) mass is 214 g/mol. The molecule has 2 nitrogen and oxygen atoms in total. The van der Waals surface area contributed by atoms with E-state index in [9.17, 15) is 0 Å². The maximum absolute atomic E-state index is 4.39. The minimum absolute atomic E-state index is 0.514. The number of rotatable bonds is 2. The first-order chi connectivity index (χ1) is 7.58. The zero-order chi connectivity index (χ0) is 11.7. The van der Waals surface area contributed by atoms with Crippen molar-refractivity contribution >= 4 is 11.0 Å². The van der Waals surface area contributed by atoms with Crippen molar-refractivity contribution in [3.8, 4) is 0 Å². The Morgan fingerprint density at radius 3 is 1.62 bits per heavy atom. The van der Waals surface area contributed by atoms with Crippen molar-refractivity contribution < 1.29 is 0 Å². The van der Waals surface area contributed by atoms with Gasteiger partial charge in [0, 0.05) is 17.8 Å². The molecular weight excluding hydrogens is 196 g/mol. The maximum Gasteiger partial charge on any atom is 0.159 e. The summed E-state index contributed by atoms with van der Waals surface area (Å²) >= 11 is 0. The van der Waals surface area contributed by atoms with E-state index in [1.807, 2.05) is 12.4 Å². The van der Waals surface area contributed by atoms with Gasteiger partial charge in [-0.05, 0) is 35.1 Å². The van der Waals surface area contributed by atoms with Gasteiger partial charge in [-0.2, -0.15) is 0 Å². The van der Waals surface area contributed by atoms with Gasteiger partial charge in [0.1, 0.15) is 0 Å². The molecule has 0 saturated carbocycles. The van der Waals surface area contributed by atoms with Crippen LogP contribution in [0.25, 0.3) is 11.0 Å². The molecule has 0 unspecified atom stereocenters. The third kappa shape index (κ3) is 2.06.